The number of esters is 1. The molecule has 48 heavy (non-hydrogen) atoms. The molecule has 0 radical (unpaired) electrons. The molecule has 0 spiro atoms. The second-order valence-electron chi connectivity index (χ2n) is 11.0. The summed E-state index contributed by atoms with van der Waals surface area (Å²) in [5.41, 5.74) is 2.37. The van der Waals surface area contributed by atoms with E-state index in [1.165, 1.54) is 28.0 Å². The minimum Gasteiger partial charge on any atom is -0.491 e. The number of allylic oxidation sites excluding steroid dienone is 1. The number of ether oxygens (including phenoxy) is 4. The van der Waals surface area contributed by atoms with Crippen LogP contribution in [-0.2, 0) is 16.1 Å². The third-order valence-electron chi connectivity index (χ3n) is 7.23. The topological polar surface area (TPSA) is 131 Å². The highest BCUT2D eigenvalue weighted by Crippen LogP contribution is 2.37. The summed E-state index contributed by atoms with van der Waals surface area (Å²) >= 11 is 3.36. The molecule has 0 bridgehead atoms. The Morgan fingerprint density at radius 3 is 2.56 bits per heavy atom. The number of carbonyl (C=O) groups excluding carboxylic acids is 1. The van der Waals surface area contributed by atoms with Crippen LogP contribution in [0.3, 0.4) is 0 Å². The van der Waals surface area contributed by atoms with E-state index < -0.39 is 16.9 Å². The van der Waals surface area contributed by atoms with Crippen molar-refractivity contribution in [2.75, 3.05) is 13.2 Å². The molecule has 0 amide bonds. The molecule has 0 saturated carbocycles. The van der Waals surface area contributed by atoms with E-state index in [2.05, 4.69) is 27.6 Å². The summed E-state index contributed by atoms with van der Waals surface area (Å²) in [6, 6.07) is 16.5. The Morgan fingerprint density at radius 2 is 1.85 bits per heavy atom. The summed E-state index contributed by atoms with van der Waals surface area (Å²) in [7, 11) is 0. The number of non-ortho nitro benzene ring substituents is 1. The van der Waals surface area contributed by atoms with Gasteiger partial charge in [0.05, 0.1) is 43.6 Å². The van der Waals surface area contributed by atoms with Gasteiger partial charge in [-0.25, -0.2) is 9.79 Å². The highest BCUT2D eigenvalue weighted by molar-refractivity contribution is 14.1. The lowest BCUT2D eigenvalue weighted by Gasteiger charge is -2.26. The molecule has 11 nitrogen and oxygen atoms in total. The first kappa shape index (κ1) is 34.8. The third-order valence-corrected chi connectivity index (χ3v) is 9.01. The van der Waals surface area contributed by atoms with Crippen molar-refractivity contribution in [3.63, 3.8) is 0 Å². The number of aromatic nitrogens is 1. The van der Waals surface area contributed by atoms with Gasteiger partial charge in [0.2, 0.25) is 0 Å². The molecule has 0 saturated heterocycles. The van der Waals surface area contributed by atoms with Crippen molar-refractivity contribution in [1.82, 2.24) is 4.57 Å². The van der Waals surface area contributed by atoms with E-state index in [-0.39, 0.29) is 36.1 Å². The van der Waals surface area contributed by atoms with Gasteiger partial charge in [-0.2, -0.15) is 0 Å². The Hall–Kier alpha value is -4.50. The number of carbonyl (C=O) groups is 1. The summed E-state index contributed by atoms with van der Waals surface area (Å²) in [5.74, 6) is 0.958. The van der Waals surface area contributed by atoms with Crippen molar-refractivity contribution in [3.8, 4) is 17.2 Å². The van der Waals surface area contributed by atoms with E-state index in [0.717, 1.165) is 3.57 Å². The van der Waals surface area contributed by atoms with E-state index in [4.69, 9.17) is 18.9 Å². The van der Waals surface area contributed by atoms with Gasteiger partial charge in [0.1, 0.15) is 18.4 Å². The maximum Gasteiger partial charge on any atom is 0.338 e. The van der Waals surface area contributed by atoms with Crippen LogP contribution in [0.1, 0.15) is 57.4 Å². The van der Waals surface area contributed by atoms with Gasteiger partial charge in [0.25, 0.3) is 11.2 Å². The second-order valence-corrected chi connectivity index (χ2v) is 13.2. The molecule has 0 aliphatic carbocycles. The van der Waals surface area contributed by atoms with Crippen molar-refractivity contribution in [1.29, 1.82) is 0 Å². The minimum absolute atomic E-state index is 0.0182. The van der Waals surface area contributed by atoms with Crippen LogP contribution in [-0.4, -0.2) is 34.8 Å². The average molecular weight is 784 g/mol. The normalized spacial score (nSPS) is 14.4. The van der Waals surface area contributed by atoms with Gasteiger partial charge >= 0.3 is 5.97 Å². The lowest BCUT2D eigenvalue weighted by Crippen LogP contribution is -2.40. The zero-order valence-electron chi connectivity index (χ0n) is 27.0. The fourth-order valence-electron chi connectivity index (χ4n) is 5.29. The molecular formula is C35H34IN3O8S. The van der Waals surface area contributed by atoms with Gasteiger partial charge in [0, 0.05) is 17.7 Å². The molecule has 4 aromatic rings. The second kappa shape index (κ2) is 15.2. The Balaban J connectivity index is 1.59. The van der Waals surface area contributed by atoms with Crippen molar-refractivity contribution in [3.05, 3.63) is 122 Å². The van der Waals surface area contributed by atoms with Gasteiger partial charge in [-0.3, -0.25) is 19.5 Å². The summed E-state index contributed by atoms with van der Waals surface area (Å²) in [6.45, 7) is 9.79. The monoisotopic (exact) mass is 783 g/mol. The Bertz CT molecular complexity index is 2090. The van der Waals surface area contributed by atoms with E-state index in [1.54, 1.807) is 38.1 Å². The first-order valence-corrected chi connectivity index (χ1v) is 17.2. The molecule has 250 valence electrons. The van der Waals surface area contributed by atoms with E-state index in [1.807, 2.05) is 51.1 Å². The number of fused-ring (bicyclic) bond motifs is 1. The predicted molar refractivity (Wildman–Crippen MR) is 190 cm³/mol. The number of hydrogen-bond donors (Lipinski definition) is 0. The Kier molecular flexibility index (Phi) is 11.0. The highest BCUT2D eigenvalue weighted by Gasteiger charge is 2.35. The number of benzene rings is 3. The van der Waals surface area contributed by atoms with Gasteiger partial charge in [0.15, 0.2) is 16.3 Å². The molecule has 2 heterocycles. The molecule has 1 aromatic heterocycles. The fourth-order valence-corrected chi connectivity index (χ4v) is 7.12. The minimum atomic E-state index is -0.818. The highest BCUT2D eigenvalue weighted by atomic mass is 127. The van der Waals surface area contributed by atoms with Crippen LogP contribution in [0, 0.1) is 13.7 Å². The largest absolute Gasteiger partial charge is 0.491 e. The number of para-hydroxylation sites is 1. The first-order valence-electron chi connectivity index (χ1n) is 15.3. The van der Waals surface area contributed by atoms with Gasteiger partial charge in [-0.15, -0.1) is 0 Å². The molecular weight excluding hydrogens is 749 g/mol. The molecule has 1 atom stereocenters. The zero-order valence-corrected chi connectivity index (χ0v) is 30.0. The molecule has 0 fully saturated rings. The molecule has 13 heteroatoms. The molecule has 1 aliphatic heterocycles. The average Bonchev–Trinajstić information content (AvgIpc) is 3.34. The van der Waals surface area contributed by atoms with E-state index >= 15 is 0 Å². The summed E-state index contributed by atoms with van der Waals surface area (Å²) in [5, 5.41) is 11.2. The molecule has 0 N–H and O–H groups in total. The van der Waals surface area contributed by atoms with Gasteiger partial charge < -0.3 is 18.9 Å². The number of rotatable bonds is 12. The maximum atomic E-state index is 14.2. The summed E-state index contributed by atoms with van der Waals surface area (Å²) in [6.07, 6.45) is 1.62. The molecule has 3 aromatic carbocycles. The van der Waals surface area contributed by atoms with Crippen LogP contribution < -0.4 is 29.1 Å². The van der Waals surface area contributed by atoms with E-state index in [0.29, 0.717) is 55.6 Å². The smallest absolute Gasteiger partial charge is 0.338 e. The SMILES string of the molecule is CCOC(=O)C1=C(C)N=c2s/c(=C/c3cc(I)c(OCc4cccc([N+](=O)[O-])c4)c(OCC)c3)c(=O)n2[C@H]1c1ccccc1OC(C)C. The van der Waals surface area contributed by atoms with Crippen LogP contribution in [0.25, 0.3) is 6.08 Å². The van der Waals surface area contributed by atoms with Crippen LogP contribution >= 0.6 is 33.9 Å². The fraction of sp³-hybridized carbons (Fsp3) is 0.286. The standard InChI is InChI=1S/C35H34IN3O8S/c1-6-44-28-17-23(16-26(36)32(28)46-19-22-11-10-12-24(15-22)39(42)43)18-29-33(40)38-31(25-13-8-9-14-27(25)47-20(3)4)30(34(41)45-7-2)21(5)37-35(38)48-29/h8-18,20,31H,6-7,19H2,1-5H3/b29-18+/t31-/m0/s1. The number of halogens is 1. The predicted octanol–water partition coefficient (Wildman–Crippen LogP) is 6.08. The Labute approximate surface area is 294 Å². The number of nitro groups is 1. The maximum absolute atomic E-state index is 14.2. The lowest BCUT2D eigenvalue weighted by molar-refractivity contribution is -0.384. The van der Waals surface area contributed by atoms with Crippen LogP contribution in [0.5, 0.6) is 17.2 Å². The van der Waals surface area contributed by atoms with Crippen LogP contribution in [0.2, 0.25) is 0 Å². The third kappa shape index (κ3) is 7.46. The number of hydrogen-bond acceptors (Lipinski definition) is 10. The van der Waals surface area contributed by atoms with Crippen molar-refractivity contribution >= 4 is 51.7 Å². The van der Waals surface area contributed by atoms with Crippen molar-refractivity contribution in [2.24, 2.45) is 4.99 Å². The van der Waals surface area contributed by atoms with Gasteiger partial charge in [-0.05, 0) is 92.6 Å². The van der Waals surface area contributed by atoms with Crippen molar-refractivity contribution in [2.45, 2.75) is 53.4 Å². The molecule has 5 rings (SSSR count). The van der Waals surface area contributed by atoms with Crippen molar-refractivity contribution < 1.29 is 28.7 Å². The van der Waals surface area contributed by atoms with Crippen LogP contribution in [0.4, 0.5) is 5.69 Å². The summed E-state index contributed by atoms with van der Waals surface area (Å²) in [4.78, 5) is 43.5. The lowest BCUT2D eigenvalue weighted by atomic mass is 9.95. The van der Waals surface area contributed by atoms with Gasteiger partial charge in [-0.1, -0.05) is 41.7 Å². The van der Waals surface area contributed by atoms with E-state index in [9.17, 15) is 19.7 Å². The van der Waals surface area contributed by atoms with Crippen LogP contribution in [0.15, 0.2) is 81.7 Å². The number of thiazole rings is 1. The zero-order chi connectivity index (χ0) is 34.5. The summed E-state index contributed by atoms with van der Waals surface area (Å²) < 4.78 is 26.2. The molecule has 0 unspecified atom stereocenters. The Morgan fingerprint density at radius 1 is 1.08 bits per heavy atom. The number of nitro benzene ring substituents is 1. The quantitative estimate of drug-likeness (QED) is 0.0732. The number of nitrogens with zero attached hydrogens (tertiary/aromatic N) is 3. The molecule has 1 aliphatic rings. The first-order chi connectivity index (χ1) is 23.0.